The maximum Gasteiger partial charge on any atom is 0.410 e. The highest BCUT2D eigenvalue weighted by molar-refractivity contribution is 5.81. The first-order chi connectivity index (χ1) is 10.7. The normalized spacial score (nSPS) is 21.3. The van der Waals surface area contributed by atoms with Crippen molar-refractivity contribution in [2.45, 2.75) is 33.3 Å². The van der Waals surface area contributed by atoms with Crippen LogP contribution < -0.4 is 5.32 Å². The number of methoxy groups -OCH3 is 1. The smallest absolute Gasteiger partial charge is 0.410 e. The standard InChI is InChI=1S/C16H30N2O5/c1-12-10-18(15(20)23-16(2,3)4)11-13(12)14(19)17-6-7-22-9-8-21-5/h12-13H,6-11H2,1-5H3,(H,17,19)/t12-,13-/m1/s1. The van der Waals surface area contributed by atoms with Crippen molar-refractivity contribution in [3.05, 3.63) is 0 Å². The van der Waals surface area contributed by atoms with Gasteiger partial charge < -0.3 is 24.4 Å². The Morgan fingerprint density at radius 1 is 1.17 bits per heavy atom. The molecule has 0 aliphatic carbocycles. The highest BCUT2D eigenvalue weighted by atomic mass is 16.6. The van der Waals surface area contributed by atoms with Gasteiger partial charge >= 0.3 is 6.09 Å². The first-order valence-corrected chi connectivity index (χ1v) is 8.07. The number of rotatable bonds is 7. The fraction of sp³-hybridized carbons (Fsp3) is 0.875. The largest absolute Gasteiger partial charge is 0.444 e. The van der Waals surface area contributed by atoms with Gasteiger partial charge in [-0.3, -0.25) is 4.79 Å². The molecule has 23 heavy (non-hydrogen) atoms. The average Bonchev–Trinajstić information content (AvgIpc) is 2.83. The van der Waals surface area contributed by atoms with Gasteiger partial charge in [0.15, 0.2) is 0 Å². The van der Waals surface area contributed by atoms with Crippen LogP contribution in [0.2, 0.25) is 0 Å². The summed E-state index contributed by atoms with van der Waals surface area (Å²) in [5.41, 5.74) is -0.528. The Balaban J connectivity index is 2.34. The Kier molecular flexibility index (Phi) is 7.78. The van der Waals surface area contributed by atoms with Crippen LogP contribution in [0.1, 0.15) is 27.7 Å². The van der Waals surface area contributed by atoms with Crippen LogP contribution in [0.25, 0.3) is 0 Å². The van der Waals surface area contributed by atoms with E-state index in [-0.39, 0.29) is 23.8 Å². The SMILES string of the molecule is COCCOCCNC(=O)[C@@H]1CN(C(=O)OC(C)(C)C)C[C@H]1C. The fourth-order valence-corrected chi connectivity index (χ4v) is 2.41. The first kappa shape index (κ1) is 19.7. The molecule has 0 bridgehead atoms. The van der Waals surface area contributed by atoms with E-state index < -0.39 is 5.60 Å². The van der Waals surface area contributed by atoms with E-state index in [1.807, 2.05) is 27.7 Å². The van der Waals surface area contributed by atoms with Gasteiger partial charge in [0.25, 0.3) is 0 Å². The molecule has 0 aromatic carbocycles. The summed E-state index contributed by atoms with van der Waals surface area (Å²) >= 11 is 0. The number of hydrogen-bond acceptors (Lipinski definition) is 5. The second-order valence-electron chi connectivity index (χ2n) is 6.87. The van der Waals surface area contributed by atoms with E-state index in [4.69, 9.17) is 14.2 Å². The minimum absolute atomic E-state index is 0.0427. The van der Waals surface area contributed by atoms with Crippen LogP contribution in [-0.2, 0) is 19.0 Å². The van der Waals surface area contributed by atoms with Crippen molar-refractivity contribution in [1.82, 2.24) is 10.2 Å². The van der Waals surface area contributed by atoms with Gasteiger partial charge in [-0.1, -0.05) is 6.92 Å². The van der Waals surface area contributed by atoms with Gasteiger partial charge in [0.2, 0.25) is 5.91 Å². The van der Waals surface area contributed by atoms with Crippen LogP contribution in [0.4, 0.5) is 4.79 Å². The molecule has 2 atom stereocenters. The molecule has 0 radical (unpaired) electrons. The third kappa shape index (κ3) is 7.18. The van der Waals surface area contributed by atoms with Crippen molar-refractivity contribution in [2.24, 2.45) is 11.8 Å². The van der Waals surface area contributed by atoms with E-state index in [0.29, 0.717) is 39.5 Å². The lowest BCUT2D eigenvalue weighted by Crippen LogP contribution is -2.38. The lowest BCUT2D eigenvalue weighted by molar-refractivity contribution is -0.125. The zero-order chi connectivity index (χ0) is 17.5. The fourth-order valence-electron chi connectivity index (χ4n) is 2.41. The Labute approximate surface area is 138 Å². The molecule has 0 aromatic heterocycles. The maximum absolute atomic E-state index is 12.2. The quantitative estimate of drug-likeness (QED) is 0.711. The second-order valence-corrected chi connectivity index (χ2v) is 6.87. The van der Waals surface area contributed by atoms with Crippen molar-refractivity contribution in [1.29, 1.82) is 0 Å². The molecule has 1 rings (SSSR count). The zero-order valence-electron chi connectivity index (χ0n) is 14.9. The number of carbonyl (C=O) groups is 2. The van der Waals surface area contributed by atoms with E-state index in [1.54, 1.807) is 12.0 Å². The Morgan fingerprint density at radius 2 is 1.87 bits per heavy atom. The van der Waals surface area contributed by atoms with Crippen LogP contribution in [-0.4, -0.2) is 69.1 Å². The van der Waals surface area contributed by atoms with Crippen molar-refractivity contribution < 1.29 is 23.8 Å². The second kappa shape index (κ2) is 9.08. The van der Waals surface area contributed by atoms with Gasteiger partial charge in [0, 0.05) is 26.7 Å². The van der Waals surface area contributed by atoms with E-state index in [9.17, 15) is 9.59 Å². The molecule has 0 spiro atoms. The molecule has 134 valence electrons. The molecule has 1 heterocycles. The van der Waals surface area contributed by atoms with E-state index in [1.165, 1.54) is 0 Å². The van der Waals surface area contributed by atoms with Crippen LogP contribution in [0.3, 0.4) is 0 Å². The summed E-state index contributed by atoms with van der Waals surface area (Å²) in [7, 11) is 1.61. The molecule has 1 fully saturated rings. The molecule has 1 aliphatic rings. The van der Waals surface area contributed by atoms with Crippen molar-refractivity contribution in [3.63, 3.8) is 0 Å². The molecule has 0 unspecified atom stereocenters. The van der Waals surface area contributed by atoms with Crippen molar-refractivity contribution in [3.8, 4) is 0 Å². The number of ether oxygens (including phenoxy) is 3. The minimum atomic E-state index is -0.528. The van der Waals surface area contributed by atoms with Crippen molar-refractivity contribution in [2.75, 3.05) is 46.6 Å². The summed E-state index contributed by atoms with van der Waals surface area (Å²) in [6.07, 6.45) is -0.359. The predicted octanol–water partition coefficient (Wildman–Crippen LogP) is 1.27. The first-order valence-electron chi connectivity index (χ1n) is 8.07. The summed E-state index contributed by atoms with van der Waals surface area (Å²) in [5, 5.41) is 2.86. The minimum Gasteiger partial charge on any atom is -0.444 e. The van der Waals surface area contributed by atoms with E-state index in [2.05, 4.69) is 5.32 Å². The summed E-state index contributed by atoms with van der Waals surface area (Å²) in [6.45, 7) is 10.4. The summed E-state index contributed by atoms with van der Waals surface area (Å²) in [4.78, 5) is 25.9. The molecule has 1 aliphatic heterocycles. The van der Waals surface area contributed by atoms with E-state index in [0.717, 1.165) is 0 Å². The topological polar surface area (TPSA) is 77.1 Å². The van der Waals surface area contributed by atoms with Gasteiger partial charge in [-0.05, 0) is 26.7 Å². The third-order valence-corrected chi connectivity index (χ3v) is 3.58. The molecule has 0 saturated carbocycles. The lowest BCUT2D eigenvalue weighted by Gasteiger charge is -2.24. The number of carbonyl (C=O) groups excluding carboxylic acids is 2. The number of nitrogens with one attached hydrogen (secondary N) is 1. The monoisotopic (exact) mass is 330 g/mol. The van der Waals surface area contributed by atoms with Crippen LogP contribution in [0, 0.1) is 11.8 Å². The van der Waals surface area contributed by atoms with Gasteiger partial charge in [0.05, 0.1) is 25.7 Å². The molecule has 0 aromatic rings. The number of hydrogen-bond donors (Lipinski definition) is 1. The molecule has 7 heteroatoms. The Bertz CT molecular complexity index is 394. The molecule has 2 amide bonds. The highest BCUT2D eigenvalue weighted by Gasteiger charge is 2.38. The summed E-state index contributed by atoms with van der Waals surface area (Å²) in [6, 6.07) is 0. The summed E-state index contributed by atoms with van der Waals surface area (Å²) < 4.78 is 15.5. The van der Waals surface area contributed by atoms with Crippen molar-refractivity contribution >= 4 is 12.0 Å². The predicted molar refractivity (Wildman–Crippen MR) is 86.2 cm³/mol. The number of likely N-dealkylation sites (tertiary alicyclic amines) is 1. The van der Waals surface area contributed by atoms with Crippen LogP contribution in [0.15, 0.2) is 0 Å². The molecular weight excluding hydrogens is 300 g/mol. The maximum atomic E-state index is 12.2. The molecule has 1 saturated heterocycles. The molecule has 7 nitrogen and oxygen atoms in total. The average molecular weight is 330 g/mol. The Hall–Kier alpha value is -1.34. The summed E-state index contributed by atoms with van der Waals surface area (Å²) in [5.74, 6) is -0.141. The van der Waals surface area contributed by atoms with E-state index >= 15 is 0 Å². The number of amides is 2. The highest BCUT2D eigenvalue weighted by Crippen LogP contribution is 2.24. The molecular formula is C16H30N2O5. The van der Waals surface area contributed by atoms with Gasteiger partial charge in [-0.15, -0.1) is 0 Å². The van der Waals surface area contributed by atoms with Gasteiger partial charge in [0.1, 0.15) is 5.60 Å². The zero-order valence-corrected chi connectivity index (χ0v) is 14.9. The Morgan fingerprint density at radius 3 is 2.48 bits per heavy atom. The van der Waals surface area contributed by atoms with Gasteiger partial charge in [-0.25, -0.2) is 4.79 Å². The van der Waals surface area contributed by atoms with Crippen LogP contribution in [0.5, 0.6) is 0 Å². The van der Waals surface area contributed by atoms with Gasteiger partial charge in [-0.2, -0.15) is 0 Å². The lowest BCUT2D eigenvalue weighted by atomic mass is 9.97. The number of nitrogens with zero attached hydrogens (tertiary/aromatic N) is 1. The third-order valence-electron chi connectivity index (χ3n) is 3.58. The molecule has 1 N–H and O–H groups in total. The van der Waals surface area contributed by atoms with Crippen LogP contribution >= 0.6 is 0 Å².